The first-order chi connectivity index (χ1) is 11.6. The van der Waals surface area contributed by atoms with Crippen LogP contribution in [0.1, 0.15) is 78.6 Å². The van der Waals surface area contributed by atoms with Crippen molar-refractivity contribution in [2.45, 2.75) is 89.9 Å². The van der Waals surface area contributed by atoms with E-state index < -0.39 is 10.8 Å². The zero-order valence-corrected chi connectivity index (χ0v) is 16.7. The van der Waals surface area contributed by atoms with Crippen LogP contribution >= 0.6 is 0 Å². The fourth-order valence-electron chi connectivity index (χ4n) is 4.26. The molecule has 3 atom stereocenters. The monoisotopic (exact) mass is 355 g/mol. The Morgan fingerprint density at radius 1 is 1.17 bits per heavy atom. The molecule has 2 rings (SSSR count). The predicted octanol–water partition coefficient (Wildman–Crippen LogP) is 3.59. The molecule has 0 spiro atoms. The summed E-state index contributed by atoms with van der Waals surface area (Å²) >= 11 is 0. The molecular weight excluding hydrogens is 318 g/mol. The van der Waals surface area contributed by atoms with Crippen LogP contribution in [0.15, 0.2) is 4.99 Å². The van der Waals surface area contributed by atoms with Crippen molar-refractivity contribution >= 4 is 16.8 Å². The Morgan fingerprint density at radius 3 is 2.54 bits per heavy atom. The molecule has 0 aromatic heterocycles. The highest BCUT2D eigenvalue weighted by Crippen LogP contribution is 2.41. The summed E-state index contributed by atoms with van der Waals surface area (Å²) < 4.78 is 12.1. The SMILES string of the molecule is CCNC(=NCC1(CC)CCCC1)NC1CCCC(S(=O)CC)C1. The van der Waals surface area contributed by atoms with Crippen molar-refractivity contribution in [3.8, 4) is 0 Å². The van der Waals surface area contributed by atoms with E-state index in [4.69, 9.17) is 4.99 Å². The molecule has 2 aliphatic rings. The van der Waals surface area contributed by atoms with Crippen molar-refractivity contribution in [1.82, 2.24) is 10.6 Å². The van der Waals surface area contributed by atoms with Crippen LogP contribution in [-0.4, -0.2) is 40.3 Å². The molecule has 0 aromatic carbocycles. The Kier molecular flexibility index (Phi) is 8.05. The quantitative estimate of drug-likeness (QED) is 0.542. The summed E-state index contributed by atoms with van der Waals surface area (Å²) in [7, 11) is -0.667. The second-order valence-corrected chi connectivity index (χ2v) is 9.56. The Labute approximate surface area is 151 Å². The van der Waals surface area contributed by atoms with Gasteiger partial charge in [0.2, 0.25) is 0 Å². The van der Waals surface area contributed by atoms with Crippen molar-refractivity contribution in [3.05, 3.63) is 0 Å². The molecule has 0 aromatic rings. The summed E-state index contributed by atoms with van der Waals surface area (Å²) in [4.78, 5) is 4.94. The number of aliphatic imine (C=N–C) groups is 1. The number of nitrogens with zero attached hydrogens (tertiary/aromatic N) is 1. The molecule has 140 valence electrons. The van der Waals surface area contributed by atoms with Gasteiger partial charge in [0.25, 0.3) is 0 Å². The van der Waals surface area contributed by atoms with Crippen molar-refractivity contribution in [1.29, 1.82) is 0 Å². The largest absolute Gasteiger partial charge is 0.357 e. The van der Waals surface area contributed by atoms with E-state index in [0.717, 1.165) is 37.6 Å². The van der Waals surface area contributed by atoms with Gasteiger partial charge in [-0.15, -0.1) is 0 Å². The van der Waals surface area contributed by atoms with Crippen LogP contribution in [0.4, 0.5) is 0 Å². The van der Waals surface area contributed by atoms with Crippen LogP contribution in [-0.2, 0) is 10.8 Å². The molecule has 0 heterocycles. The Hall–Kier alpha value is -0.580. The lowest BCUT2D eigenvalue weighted by Gasteiger charge is -2.31. The van der Waals surface area contributed by atoms with E-state index in [-0.39, 0.29) is 0 Å². The summed E-state index contributed by atoms with van der Waals surface area (Å²) in [6.07, 6.45) is 11.1. The zero-order valence-electron chi connectivity index (χ0n) is 15.9. The number of hydrogen-bond donors (Lipinski definition) is 2. The summed E-state index contributed by atoms with van der Waals surface area (Å²) in [6.45, 7) is 8.30. The minimum absolute atomic E-state index is 0.362. The summed E-state index contributed by atoms with van der Waals surface area (Å²) in [6, 6.07) is 0.415. The lowest BCUT2D eigenvalue weighted by atomic mass is 9.83. The maximum absolute atomic E-state index is 12.1. The topological polar surface area (TPSA) is 53.5 Å². The normalized spacial score (nSPS) is 28.5. The van der Waals surface area contributed by atoms with Crippen LogP contribution in [0.5, 0.6) is 0 Å². The lowest BCUT2D eigenvalue weighted by molar-refractivity contribution is 0.296. The maximum atomic E-state index is 12.1. The first-order valence-corrected chi connectivity index (χ1v) is 11.4. The average Bonchev–Trinajstić information content (AvgIpc) is 3.09. The number of nitrogens with one attached hydrogen (secondary N) is 2. The maximum Gasteiger partial charge on any atom is 0.191 e. The van der Waals surface area contributed by atoms with Gasteiger partial charge in [-0.3, -0.25) is 9.20 Å². The van der Waals surface area contributed by atoms with E-state index in [1.54, 1.807) is 0 Å². The molecule has 24 heavy (non-hydrogen) atoms. The highest BCUT2D eigenvalue weighted by Gasteiger charge is 2.32. The van der Waals surface area contributed by atoms with Gasteiger partial charge in [-0.1, -0.05) is 33.1 Å². The van der Waals surface area contributed by atoms with Gasteiger partial charge in [-0.05, 0) is 50.9 Å². The minimum atomic E-state index is -0.667. The molecule has 2 fully saturated rings. The van der Waals surface area contributed by atoms with Crippen molar-refractivity contribution < 1.29 is 4.21 Å². The fraction of sp³-hybridized carbons (Fsp3) is 0.947. The van der Waals surface area contributed by atoms with E-state index in [1.165, 1.54) is 44.9 Å². The van der Waals surface area contributed by atoms with Gasteiger partial charge in [0.05, 0.1) is 0 Å². The van der Waals surface area contributed by atoms with E-state index in [2.05, 4.69) is 24.5 Å². The van der Waals surface area contributed by atoms with Gasteiger partial charge >= 0.3 is 0 Å². The third-order valence-corrected chi connectivity index (χ3v) is 7.70. The average molecular weight is 356 g/mol. The van der Waals surface area contributed by atoms with Crippen LogP contribution in [0.2, 0.25) is 0 Å². The van der Waals surface area contributed by atoms with Crippen molar-refractivity contribution in [2.24, 2.45) is 10.4 Å². The van der Waals surface area contributed by atoms with Gasteiger partial charge in [0, 0.05) is 40.9 Å². The summed E-state index contributed by atoms with van der Waals surface area (Å²) in [5.74, 6) is 1.75. The van der Waals surface area contributed by atoms with Gasteiger partial charge in [0.1, 0.15) is 0 Å². The molecule has 0 amide bonds. The third kappa shape index (κ3) is 5.47. The lowest BCUT2D eigenvalue weighted by Crippen LogP contribution is -2.47. The molecule has 0 aliphatic heterocycles. The molecule has 2 N–H and O–H groups in total. The number of guanidine groups is 1. The first-order valence-electron chi connectivity index (χ1n) is 10.0. The molecule has 5 heteroatoms. The molecular formula is C19H37N3OS. The van der Waals surface area contributed by atoms with Gasteiger partial charge in [0.15, 0.2) is 5.96 Å². The van der Waals surface area contributed by atoms with Gasteiger partial charge in [-0.25, -0.2) is 0 Å². The number of hydrogen-bond acceptors (Lipinski definition) is 2. The Bertz CT molecular complexity index is 432. The molecule has 3 unspecified atom stereocenters. The predicted molar refractivity (Wildman–Crippen MR) is 105 cm³/mol. The van der Waals surface area contributed by atoms with E-state index in [0.29, 0.717) is 16.7 Å². The summed E-state index contributed by atoms with van der Waals surface area (Å²) in [5.41, 5.74) is 0.432. The van der Waals surface area contributed by atoms with E-state index >= 15 is 0 Å². The van der Waals surface area contributed by atoms with Crippen molar-refractivity contribution in [2.75, 3.05) is 18.8 Å². The molecule has 4 nitrogen and oxygen atoms in total. The Balaban J connectivity index is 1.94. The molecule has 2 aliphatic carbocycles. The van der Waals surface area contributed by atoms with Crippen molar-refractivity contribution in [3.63, 3.8) is 0 Å². The molecule has 0 radical (unpaired) electrons. The molecule has 0 saturated heterocycles. The smallest absolute Gasteiger partial charge is 0.191 e. The standard InChI is InChI=1S/C19H37N3OS/c1-4-19(12-7-8-13-19)15-21-18(20-5-2)22-16-10-9-11-17(14-16)24(23)6-3/h16-17H,4-15H2,1-3H3,(H2,20,21,22). The van der Waals surface area contributed by atoms with Crippen LogP contribution in [0, 0.1) is 5.41 Å². The first kappa shape index (κ1) is 19.7. The van der Waals surface area contributed by atoms with Gasteiger partial charge < -0.3 is 10.6 Å². The van der Waals surface area contributed by atoms with Crippen LogP contribution in [0.25, 0.3) is 0 Å². The van der Waals surface area contributed by atoms with Gasteiger partial charge in [-0.2, -0.15) is 0 Å². The van der Waals surface area contributed by atoms with E-state index in [1.807, 2.05) is 6.92 Å². The van der Waals surface area contributed by atoms with Crippen LogP contribution < -0.4 is 10.6 Å². The Morgan fingerprint density at radius 2 is 1.92 bits per heavy atom. The highest BCUT2D eigenvalue weighted by molar-refractivity contribution is 7.85. The second-order valence-electron chi connectivity index (χ2n) is 7.56. The van der Waals surface area contributed by atoms with E-state index in [9.17, 15) is 4.21 Å². The minimum Gasteiger partial charge on any atom is -0.357 e. The highest BCUT2D eigenvalue weighted by atomic mass is 32.2. The molecule has 2 saturated carbocycles. The number of rotatable bonds is 7. The zero-order chi connectivity index (χ0) is 17.4. The third-order valence-electron chi connectivity index (χ3n) is 5.95. The molecule has 0 bridgehead atoms. The summed E-state index contributed by atoms with van der Waals surface area (Å²) in [5, 5.41) is 7.41. The second kappa shape index (κ2) is 9.79. The fourth-order valence-corrected chi connectivity index (χ4v) is 5.61. The van der Waals surface area contributed by atoms with Crippen LogP contribution in [0.3, 0.4) is 0 Å².